The van der Waals surface area contributed by atoms with E-state index in [1.165, 1.54) is 18.0 Å². The van der Waals surface area contributed by atoms with Gasteiger partial charge in [-0.15, -0.1) is 0 Å². The highest BCUT2D eigenvalue weighted by atomic mass is 35.5. The fourth-order valence-corrected chi connectivity index (χ4v) is 4.98. The second-order valence-electron chi connectivity index (χ2n) is 8.64. The van der Waals surface area contributed by atoms with E-state index in [-0.39, 0.29) is 22.2 Å². The molecular weight excluding hydrogens is 520 g/mol. The van der Waals surface area contributed by atoms with E-state index in [2.05, 4.69) is 20.6 Å². The minimum atomic E-state index is -0.577. The number of anilines is 2. The van der Waals surface area contributed by atoms with Crippen LogP contribution in [0.4, 0.5) is 11.4 Å². The first-order valence-corrected chi connectivity index (χ1v) is 13.2. The quantitative estimate of drug-likeness (QED) is 0.165. The molecule has 0 bridgehead atoms. The van der Waals surface area contributed by atoms with E-state index >= 15 is 0 Å². The molecule has 5 aromatic rings. The van der Waals surface area contributed by atoms with E-state index in [4.69, 9.17) is 16.0 Å². The standard InChI is InChI=1S/C29H23ClN4O3S/c1-17-8-7-11-20(14-17)32-28(36)26-24(21-12-5-6-13-23(21)37-26)33-27(35)25-22(30)15-31-29(34-25)38-16-19-10-4-3-9-18(19)2/h3-15H,16H2,1-2H3,(H,32,36)(H,33,35). The zero-order valence-corrected chi connectivity index (χ0v) is 22.2. The van der Waals surface area contributed by atoms with Crippen molar-refractivity contribution in [2.75, 3.05) is 10.6 Å². The molecule has 0 fully saturated rings. The summed E-state index contributed by atoms with van der Waals surface area (Å²) in [5.41, 5.74) is 4.62. The molecule has 0 atom stereocenters. The lowest BCUT2D eigenvalue weighted by atomic mass is 10.1. The maximum Gasteiger partial charge on any atom is 0.293 e. The Balaban J connectivity index is 1.42. The Morgan fingerprint density at radius 3 is 2.55 bits per heavy atom. The van der Waals surface area contributed by atoms with Crippen molar-refractivity contribution < 1.29 is 14.0 Å². The molecule has 2 aromatic heterocycles. The van der Waals surface area contributed by atoms with E-state index in [0.29, 0.717) is 27.6 Å². The van der Waals surface area contributed by atoms with Gasteiger partial charge in [0.1, 0.15) is 11.3 Å². The second-order valence-corrected chi connectivity index (χ2v) is 9.99. The number of nitrogens with one attached hydrogen (secondary N) is 2. The molecule has 0 aliphatic rings. The van der Waals surface area contributed by atoms with Gasteiger partial charge < -0.3 is 15.1 Å². The summed E-state index contributed by atoms with van der Waals surface area (Å²) in [5.74, 6) is -0.456. The van der Waals surface area contributed by atoms with Crippen molar-refractivity contribution in [1.82, 2.24) is 9.97 Å². The third kappa shape index (κ3) is 5.56. The lowest BCUT2D eigenvalue weighted by Gasteiger charge is -2.09. The number of hydrogen-bond acceptors (Lipinski definition) is 6. The van der Waals surface area contributed by atoms with Crippen LogP contribution in [0.25, 0.3) is 11.0 Å². The molecule has 7 nitrogen and oxygen atoms in total. The summed E-state index contributed by atoms with van der Waals surface area (Å²) in [5, 5.41) is 6.72. The summed E-state index contributed by atoms with van der Waals surface area (Å²) in [6.45, 7) is 3.97. The molecular formula is C29H23ClN4O3S. The minimum Gasteiger partial charge on any atom is -0.449 e. The van der Waals surface area contributed by atoms with Gasteiger partial charge in [0.2, 0.25) is 5.76 Å². The smallest absolute Gasteiger partial charge is 0.293 e. The summed E-state index contributed by atoms with van der Waals surface area (Å²) >= 11 is 7.72. The van der Waals surface area contributed by atoms with Gasteiger partial charge in [0.15, 0.2) is 10.9 Å². The van der Waals surface area contributed by atoms with Crippen molar-refractivity contribution in [3.05, 3.63) is 112 Å². The van der Waals surface area contributed by atoms with Crippen LogP contribution >= 0.6 is 23.4 Å². The Morgan fingerprint density at radius 1 is 0.947 bits per heavy atom. The zero-order chi connectivity index (χ0) is 26.6. The molecule has 0 radical (unpaired) electrons. The Morgan fingerprint density at radius 2 is 1.74 bits per heavy atom. The number of halogens is 1. The largest absolute Gasteiger partial charge is 0.449 e. The van der Waals surface area contributed by atoms with Gasteiger partial charge in [0, 0.05) is 16.8 Å². The van der Waals surface area contributed by atoms with Gasteiger partial charge in [0.05, 0.1) is 11.2 Å². The molecule has 2 N–H and O–H groups in total. The number of carbonyl (C=O) groups is 2. The number of thioether (sulfide) groups is 1. The highest BCUT2D eigenvalue weighted by molar-refractivity contribution is 7.98. The number of amides is 2. The number of carbonyl (C=O) groups excluding carboxylic acids is 2. The number of benzene rings is 3. The fraction of sp³-hybridized carbons (Fsp3) is 0.103. The Bertz CT molecular complexity index is 1670. The van der Waals surface area contributed by atoms with Crippen LogP contribution in [0.3, 0.4) is 0 Å². The zero-order valence-electron chi connectivity index (χ0n) is 20.6. The maximum absolute atomic E-state index is 13.4. The van der Waals surface area contributed by atoms with Crippen molar-refractivity contribution in [1.29, 1.82) is 0 Å². The van der Waals surface area contributed by atoms with E-state index in [1.54, 1.807) is 30.3 Å². The number of para-hydroxylation sites is 1. The topological polar surface area (TPSA) is 97.1 Å². The van der Waals surface area contributed by atoms with E-state index in [1.807, 2.05) is 56.3 Å². The van der Waals surface area contributed by atoms with Crippen LogP contribution in [0.5, 0.6) is 0 Å². The predicted molar refractivity (Wildman–Crippen MR) is 151 cm³/mol. The van der Waals surface area contributed by atoms with Crippen LogP contribution in [0.2, 0.25) is 5.02 Å². The molecule has 0 saturated carbocycles. The number of rotatable bonds is 7. The molecule has 0 aliphatic heterocycles. The SMILES string of the molecule is Cc1cccc(NC(=O)c2oc3ccccc3c2NC(=O)c2nc(SCc3ccccc3C)ncc2Cl)c1. The van der Waals surface area contributed by atoms with Crippen molar-refractivity contribution in [3.8, 4) is 0 Å². The van der Waals surface area contributed by atoms with Crippen molar-refractivity contribution in [3.63, 3.8) is 0 Å². The van der Waals surface area contributed by atoms with Crippen molar-refractivity contribution in [2.45, 2.75) is 24.8 Å². The van der Waals surface area contributed by atoms with E-state index < -0.39 is 11.8 Å². The molecule has 0 saturated heterocycles. The molecule has 5 rings (SSSR count). The number of fused-ring (bicyclic) bond motifs is 1. The van der Waals surface area contributed by atoms with Gasteiger partial charge in [-0.05, 0) is 54.8 Å². The summed E-state index contributed by atoms with van der Waals surface area (Å²) in [4.78, 5) is 35.2. The molecule has 3 aromatic carbocycles. The van der Waals surface area contributed by atoms with Crippen molar-refractivity contribution >= 4 is 57.5 Å². The third-order valence-corrected chi connectivity index (χ3v) is 7.06. The lowest BCUT2D eigenvalue weighted by molar-refractivity contribution is 0.0999. The minimum absolute atomic E-state index is 0.00396. The van der Waals surface area contributed by atoms with Gasteiger partial charge in [-0.2, -0.15) is 0 Å². The molecule has 190 valence electrons. The van der Waals surface area contributed by atoms with Gasteiger partial charge in [-0.25, -0.2) is 9.97 Å². The molecule has 9 heteroatoms. The normalized spacial score (nSPS) is 10.9. The highest BCUT2D eigenvalue weighted by Crippen LogP contribution is 2.32. The van der Waals surface area contributed by atoms with Crippen molar-refractivity contribution in [2.24, 2.45) is 0 Å². The van der Waals surface area contributed by atoms with Gasteiger partial charge in [-0.3, -0.25) is 9.59 Å². The number of hydrogen-bond donors (Lipinski definition) is 2. The highest BCUT2D eigenvalue weighted by Gasteiger charge is 2.24. The lowest BCUT2D eigenvalue weighted by Crippen LogP contribution is -2.19. The van der Waals surface area contributed by atoms with Crippen LogP contribution in [-0.4, -0.2) is 21.8 Å². The Kier molecular flexibility index (Phi) is 7.44. The number of nitrogens with zero attached hydrogens (tertiary/aromatic N) is 2. The summed E-state index contributed by atoms with van der Waals surface area (Å²) in [6.07, 6.45) is 1.41. The van der Waals surface area contributed by atoms with Gasteiger partial charge in [-0.1, -0.05) is 71.9 Å². The monoisotopic (exact) mass is 542 g/mol. The van der Waals surface area contributed by atoms with Crippen LogP contribution < -0.4 is 10.6 Å². The predicted octanol–water partition coefficient (Wildman–Crippen LogP) is 7.29. The molecule has 0 aliphatic carbocycles. The van der Waals surface area contributed by atoms with Crippen LogP contribution in [0, 0.1) is 13.8 Å². The second kappa shape index (κ2) is 11.1. The first-order valence-electron chi connectivity index (χ1n) is 11.8. The molecule has 0 unspecified atom stereocenters. The molecule has 2 heterocycles. The van der Waals surface area contributed by atoms with Crippen LogP contribution in [-0.2, 0) is 5.75 Å². The van der Waals surface area contributed by atoms with Gasteiger partial charge in [0.25, 0.3) is 11.8 Å². The average Bonchev–Trinajstić information content (AvgIpc) is 3.27. The Labute approximate surface area is 228 Å². The summed E-state index contributed by atoms with van der Waals surface area (Å²) in [7, 11) is 0. The number of furan rings is 1. The fourth-order valence-electron chi connectivity index (χ4n) is 3.91. The number of aromatic nitrogens is 2. The molecule has 2 amide bonds. The van der Waals surface area contributed by atoms with E-state index in [0.717, 1.165) is 16.7 Å². The third-order valence-electron chi connectivity index (χ3n) is 5.87. The first kappa shape index (κ1) is 25.5. The van der Waals surface area contributed by atoms with Crippen LogP contribution in [0.1, 0.15) is 37.7 Å². The van der Waals surface area contributed by atoms with E-state index in [9.17, 15) is 9.59 Å². The van der Waals surface area contributed by atoms with Crippen LogP contribution in [0.15, 0.2) is 88.6 Å². The molecule has 0 spiro atoms. The Hall–Kier alpha value is -4.14. The summed E-state index contributed by atoms with van der Waals surface area (Å²) in [6, 6.07) is 22.5. The molecule has 38 heavy (non-hydrogen) atoms. The van der Waals surface area contributed by atoms with Gasteiger partial charge >= 0.3 is 0 Å². The first-order chi connectivity index (χ1) is 18.4. The summed E-state index contributed by atoms with van der Waals surface area (Å²) < 4.78 is 5.86. The number of aryl methyl sites for hydroxylation is 2. The average molecular weight is 543 g/mol. The maximum atomic E-state index is 13.4.